The fraction of sp³-hybridized carbons (Fsp3) is 0.400. The van der Waals surface area contributed by atoms with E-state index in [4.69, 9.17) is 26.9 Å². The van der Waals surface area contributed by atoms with Gasteiger partial charge < -0.3 is 9.64 Å². The summed E-state index contributed by atoms with van der Waals surface area (Å²) in [6, 6.07) is 9.42. The molecule has 2 aromatic heterocycles. The Kier molecular flexibility index (Phi) is 6.06. The van der Waals surface area contributed by atoms with E-state index in [1.807, 2.05) is 23.1 Å². The maximum Gasteiger partial charge on any atom is 0.259 e. The van der Waals surface area contributed by atoms with Gasteiger partial charge in [-0.3, -0.25) is 14.6 Å². The molecule has 0 unspecified atom stereocenters. The number of carbonyl (C=O) groups excluding carboxylic acids is 1. The Morgan fingerprint density at radius 2 is 1.91 bits per heavy atom. The minimum Gasteiger partial charge on any atom is -0.474 e. The van der Waals surface area contributed by atoms with Crippen LogP contribution in [0.25, 0.3) is 0 Å². The summed E-state index contributed by atoms with van der Waals surface area (Å²) in [5.41, 5.74) is 0.635. The van der Waals surface area contributed by atoms with E-state index in [2.05, 4.69) is 27.5 Å². The van der Waals surface area contributed by atoms with E-state index in [1.165, 1.54) is 11.1 Å². The van der Waals surface area contributed by atoms with Crippen molar-refractivity contribution in [2.75, 3.05) is 29.4 Å². The summed E-state index contributed by atoms with van der Waals surface area (Å²) in [7, 11) is 0. The first-order chi connectivity index (χ1) is 17.0. The number of nitrogens with zero attached hydrogens (tertiary/aromatic N) is 7. The molecule has 2 aliphatic heterocycles. The van der Waals surface area contributed by atoms with Crippen molar-refractivity contribution in [1.82, 2.24) is 14.9 Å². The molecule has 1 amide bonds. The van der Waals surface area contributed by atoms with Gasteiger partial charge in [-0.25, -0.2) is 9.97 Å². The highest BCUT2D eigenvalue weighted by atomic mass is 35.5. The maximum atomic E-state index is 13.6. The Balaban J connectivity index is 1.35. The van der Waals surface area contributed by atoms with Crippen molar-refractivity contribution in [1.29, 1.82) is 10.5 Å². The highest BCUT2D eigenvalue weighted by molar-refractivity contribution is 6.32. The van der Waals surface area contributed by atoms with E-state index in [0.29, 0.717) is 36.8 Å². The average Bonchev–Trinajstić information content (AvgIpc) is 3.07. The van der Waals surface area contributed by atoms with E-state index in [-0.39, 0.29) is 22.7 Å². The zero-order valence-corrected chi connectivity index (χ0v) is 19.9. The molecule has 4 heterocycles. The minimum absolute atomic E-state index is 0.0636. The van der Waals surface area contributed by atoms with Gasteiger partial charge in [0.25, 0.3) is 5.91 Å². The molecule has 0 radical (unpaired) electrons. The van der Waals surface area contributed by atoms with Crippen molar-refractivity contribution in [3.8, 4) is 18.0 Å². The summed E-state index contributed by atoms with van der Waals surface area (Å²) in [5, 5.41) is 18.2. The van der Waals surface area contributed by atoms with E-state index in [0.717, 1.165) is 38.0 Å². The van der Waals surface area contributed by atoms with Gasteiger partial charge in [0.15, 0.2) is 5.69 Å². The van der Waals surface area contributed by atoms with Gasteiger partial charge in [-0.15, -0.1) is 0 Å². The molecule has 3 fully saturated rings. The molecule has 1 saturated carbocycles. The van der Waals surface area contributed by atoms with Gasteiger partial charge in [-0.05, 0) is 44.2 Å². The molecule has 0 bridgehead atoms. The van der Waals surface area contributed by atoms with Crippen LogP contribution in [0.4, 0.5) is 11.4 Å². The highest BCUT2D eigenvalue weighted by Crippen LogP contribution is 2.50. The summed E-state index contributed by atoms with van der Waals surface area (Å²) < 4.78 is 6.08. The smallest absolute Gasteiger partial charge is 0.259 e. The largest absolute Gasteiger partial charge is 0.474 e. The first kappa shape index (κ1) is 23.1. The van der Waals surface area contributed by atoms with Gasteiger partial charge >= 0.3 is 0 Å². The molecule has 0 N–H and O–H groups in total. The molecular weight excluding hydrogens is 466 g/mol. The number of rotatable bonds is 5. The van der Waals surface area contributed by atoms with Crippen LogP contribution < -0.4 is 14.5 Å². The summed E-state index contributed by atoms with van der Waals surface area (Å²) in [6.07, 6.45) is 7.30. The van der Waals surface area contributed by atoms with Gasteiger partial charge in [-0.2, -0.15) is 10.5 Å². The predicted octanol–water partition coefficient (Wildman–Crippen LogP) is 3.62. The van der Waals surface area contributed by atoms with E-state index in [9.17, 15) is 4.79 Å². The molecule has 10 heteroatoms. The van der Waals surface area contributed by atoms with Crippen LogP contribution in [0.15, 0.2) is 43.0 Å². The number of carbonyl (C=O) groups is 1. The Morgan fingerprint density at radius 1 is 1.17 bits per heavy atom. The summed E-state index contributed by atoms with van der Waals surface area (Å²) in [5.74, 6) is 0.949. The Bertz CT molecular complexity index is 1240. The zero-order chi connectivity index (χ0) is 24.6. The molecule has 0 aromatic carbocycles. The Morgan fingerprint density at radius 3 is 2.49 bits per heavy atom. The monoisotopic (exact) mass is 489 g/mol. The Labute approximate surface area is 208 Å². The number of likely N-dealkylation sites (tertiary alicyclic amines) is 1. The van der Waals surface area contributed by atoms with Crippen molar-refractivity contribution in [2.45, 2.75) is 43.7 Å². The summed E-state index contributed by atoms with van der Waals surface area (Å²) >= 11 is 6.19. The molecule has 1 aliphatic carbocycles. The fourth-order valence-corrected chi connectivity index (χ4v) is 5.25. The first-order valence-corrected chi connectivity index (χ1v) is 12.0. The molecule has 0 atom stereocenters. The van der Waals surface area contributed by atoms with Crippen molar-refractivity contribution in [3.05, 3.63) is 53.7 Å². The molecule has 1 spiro atoms. The molecule has 5 rings (SSSR count). The van der Waals surface area contributed by atoms with Crippen LogP contribution in [0.2, 0.25) is 5.02 Å². The van der Waals surface area contributed by atoms with Crippen LogP contribution in [0.3, 0.4) is 0 Å². The van der Waals surface area contributed by atoms with Crippen LogP contribution in [-0.4, -0.2) is 52.1 Å². The lowest BCUT2D eigenvalue weighted by molar-refractivity contribution is -0.123. The number of hydrogen-bond donors (Lipinski definition) is 0. The van der Waals surface area contributed by atoms with E-state index in [1.54, 1.807) is 12.3 Å². The average molecular weight is 490 g/mol. The number of amides is 1. The van der Waals surface area contributed by atoms with Crippen molar-refractivity contribution in [3.63, 3.8) is 0 Å². The molecule has 2 saturated heterocycles. The molecule has 3 aliphatic rings. The Hall–Kier alpha value is -3.66. The number of ether oxygens (including phenoxy) is 1. The standard InChI is InChI=1S/C25H24ClN7O2/c1-17-32(19-13-21(26)22(14-28)29-16-19)24(34)25(7-2-8-25)33(17)18-3-4-23(30-15-18)35-20-5-10-31(11-6-20)12-9-27/h3-4,13,15-16,20H,1-2,5-8,10-12H2. The van der Waals surface area contributed by atoms with Crippen molar-refractivity contribution >= 4 is 28.9 Å². The minimum atomic E-state index is -0.713. The van der Waals surface area contributed by atoms with Crippen LogP contribution in [0, 0.1) is 22.7 Å². The van der Waals surface area contributed by atoms with Crippen LogP contribution >= 0.6 is 11.6 Å². The second-order valence-electron chi connectivity index (χ2n) is 9.02. The lowest BCUT2D eigenvalue weighted by atomic mass is 9.75. The van der Waals surface area contributed by atoms with Gasteiger partial charge in [0, 0.05) is 19.2 Å². The number of halogens is 1. The third-order valence-electron chi connectivity index (χ3n) is 7.01. The quantitative estimate of drug-likeness (QED) is 0.586. The topological polar surface area (TPSA) is 109 Å². The lowest BCUT2D eigenvalue weighted by Gasteiger charge is -2.43. The number of aromatic nitrogens is 2. The SMILES string of the molecule is C=C1N(c2cnc(C#N)c(Cl)c2)C(=O)C2(CCC2)N1c1ccc(OC2CCN(CC#N)CC2)nc1. The van der Waals surface area contributed by atoms with Gasteiger partial charge in [-0.1, -0.05) is 18.2 Å². The summed E-state index contributed by atoms with van der Waals surface area (Å²) in [4.78, 5) is 27.8. The third kappa shape index (κ3) is 3.97. The number of pyridine rings is 2. The fourth-order valence-electron chi connectivity index (χ4n) is 5.04. The second-order valence-corrected chi connectivity index (χ2v) is 9.43. The molecule has 9 nitrogen and oxygen atoms in total. The summed E-state index contributed by atoms with van der Waals surface area (Å²) in [6.45, 7) is 6.33. The molecular formula is C25H24ClN7O2. The molecule has 178 valence electrons. The van der Waals surface area contributed by atoms with Gasteiger partial charge in [0.05, 0.1) is 41.4 Å². The van der Waals surface area contributed by atoms with Gasteiger partial charge in [0.1, 0.15) is 23.5 Å². The predicted molar refractivity (Wildman–Crippen MR) is 130 cm³/mol. The van der Waals surface area contributed by atoms with Crippen molar-refractivity contribution < 1.29 is 9.53 Å². The van der Waals surface area contributed by atoms with E-state index >= 15 is 0 Å². The first-order valence-electron chi connectivity index (χ1n) is 11.6. The van der Waals surface area contributed by atoms with Crippen LogP contribution in [0.1, 0.15) is 37.8 Å². The molecule has 2 aromatic rings. The van der Waals surface area contributed by atoms with Crippen molar-refractivity contribution in [2.24, 2.45) is 0 Å². The number of piperidine rings is 1. The number of anilines is 2. The van der Waals surface area contributed by atoms with E-state index < -0.39 is 5.54 Å². The van der Waals surface area contributed by atoms with Crippen LogP contribution in [0.5, 0.6) is 5.88 Å². The number of nitriles is 2. The number of hydrogen-bond acceptors (Lipinski definition) is 8. The molecule has 35 heavy (non-hydrogen) atoms. The zero-order valence-electron chi connectivity index (χ0n) is 19.2. The van der Waals surface area contributed by atoms with Crippen LogP contribution in [-0.2, 0) is 4.79 Å². The second kappa shape index (κ2) is 9.18. The lowest BCUT2D eigenvalue weighted by Crippen LogP contribution is -2.54. The maximum absolute atomic E-state index is 13.6. The van der Waals surface area contributed by atoms with Gasteiger partial charge in [0.2, 0.25) is 5.88 Å². The normalized spacial score (nSPS) is 20.0. The highest BCUT2D eigenvalue weighted by Gasteiger charge is 2.58. The third-order valence-corrected chi connectivity index (χ3v) is 7.30.